The maximum atomic E-state index is 11.9. The number of hydrogen-bond acceptors (Lipinski definition) is 4. The molecule has 1 amide bonds. The predicted octanol–water partition coefficient (Wildman–Crippen LogP) is 2.61. The van der Waals surface area contributed by atoms with Gasteiger partial charge in [-0.2, -0.15) is 0 Å². The van der Waals surface area contributed by atoms with Gasteiger partial charge < -0.3 is 19.9 Å². The molecule has 1 unspecified atom stereocenters. The highest BCUT2D eigenvalue weighted by molar-refractivity contribution is 5.91. The Morgan fingerprint density at radius 3 is 2.71 bits per heavy atom. The SMILES string of the molecule is O=C(NC1COc2c(cccc2C(=O)O)C1)OCc1ccccc1. The number of para-hydroxylation sites is 1. The largest absolute Gasteiger partial charge is 0.490 e. The van der Waals surface area contributed by atoms with Crippen LogP contribution in [0.2, 0.25) is 0 Å². The molecule has 6 nitrogen and oxygen atoms in total. The molecule has 0 fully saturated rings. The maximum absolute atomic E-state index is 11.9. The number of carbonyl (C=O) groups excluding carboxylic acids is 1. The highest BCUT2D eigenvalue weighted by atomic mass is 16.5. The van der Waals surface area contributed by atoms with E-state index in [4.69, 9.17) is 14.6 Å². The van der Waals surface area contributed by atoms with Gasteiger partial charge >= 0.3 is 12.1 Å². The Bertz CT molecular complexity index is 744. The zero-order valence-corrected chi connectivity index (χ0v) is 12.9. The minimum Gasteiger partial charge on any atom is -0.490 e. The summed E-state index contributed by atoms with van der Waals surface area (Å²) >= 11 is 0. The topological polar surface area (TPSA) is 84.9 Å². The maximum Gasteiger partial charge on any atom is 0.407 e. The lowest BCUT2D eigenvalue weighted by atomic mass is 9.99. The highest BCUT2D eigenvalue weighted by Gasteiger charge is 2.25. The average Bonchev–Trinajstić information content (AvgIpc) is 2.60. The number of carboxylic acid groups (broad SMARTS) is 1. The number of rotatable bonds is 4. The second kappa shape index (κ2) is 7.04. The first-order valence-electron chi connectivity index (χ1n) is 7.58. The van der Waals surface area contributed by atoms with E-state index in [0.717, 1.165) is 11.1 Å². The Hall–Kier alpha value is -3.02. The van der Waals surface area contributed by atoms with Crippen LogP contribution in [0.5, 0.6) is 5.75 Å². The zero-order valence-electron chi connectivity index (χ0n) is 12.9. The first-order chi connectivity index (χ1) is 11.6. The molecule has 2 N–H and O–H groups in total. The molecule has 0 saturated carbocycles. The summed E-state index contributed by atoms with van der Waals surface area (Å²) in [6, 6.07) is 14.1. The highest BCUT2D eigenvalue weighted by Crippen LogP contribution is 2.29. The molecule has 0 aromatic heterocycles. The molecule has 24 heavy (non-hydrogen) atoms. The van der Waals surface area contributed by atoms with Gasteiger partial charge in [0.1, 0.15) is 24.5 Å². The number of benzene rings is 2. The van der Waals surface area contributed by atoms with Crippen LogP contribution in [0.25, 0.3) is 0 Å². The molecule has 3 rings (SSSR count). The van der Waals surface area contributed by atoms with Crippen LogP contribution in [0.1, 0.15) is 21.5 Å². The molecule has 1 aliphatic heterocycles. The standard InChI is InChI=1S/C18H17NO5/c20-17(21)15-8-4-7-13-9-14(11-23-16(13)15)19-18(22)24-10-12-5-2-1-3-6-12/h1-8,14H,9-11H2,(H,19,22)(H,20,21). The number of hydrogen-bond donors (Lipinski definition) is 2. The van der Waals surface area contributed by atoms with Gasteiger partial charge in [0.05, 0.1) is 6.04 Å². The van der Waals surface area contributed by atoms with Crippen LogP contribution in [0.4, 0.5) is 4.79 Å². The Labute approximate surface area is 139 Å². The smallest absolute Gasteiger partial charge is 0.407 e. The van der Waals surface area contributed by atoms with Gasteiger partial charge in [-0.05, 0) is 23.6 Å². The predicted molar refractivity (Wildman–Crippen MR) is 86.2 cm³/mol. The van der Waals surface area contributed by atoms with E-state index >= 15 is 0 Å². The molecule has 1 aliphatic rings. The van der Waals surface area contributed by atoms with E-state index in [0.29, 0.717) is 12.2 Å². The molecule has 0 radical (unpaired) electrons. The van der Waals surface area contributed by atoms with Crippen LogP contribution in [0.3, 0.4) is 0 Å². The van der Waals surface area contributed by atoms with E-state index < -0.39 is 12.1 Å². The molecule has 0 saturated heterocycles. The zero-order chi connectivity index (χ0) is 16.9. The third kappa shape index (κ3) is 3.65. The lowest BCUT2D eigenvalue weighted by Crippen LogP contribution is -2.43. The Morgan fingerprint density at radius 1 is 1.17 bits per heavy atom. The number of aromatic carboxylic acids is 1. The van der Waals surface area contributed by atoms with Gasteiger partial charge in [-0.25, -0.2) is 9.59 Å². The second-order valence-electron chi connectivity index (χ2n) is 5.52. The summed E-state index contributed by atoms with van der Waals surface area (Å²) in [6.45, 7) is 0.401. The van der Waals surface area contributed by atoms with Crippen LogP contribution in [0.15, 0.2) is 48.5 Å². The van der Waals surface area contributed by atoms with E-state index in [1.807, 2.05) is 30.3 Å². The summed E-state index contributed by atoms with van der Waals surface area (Å²) in [7, 11) is 0. The van der Waals surface area contributed by atoms with Crippen molar-refractivity contribution in [3.63, 3.8) is 0 Å². The van der Waals surface area contributed by atoms with Crippen LogP contribution in [-0.4, -0.2) is 29.8 Å². The Morgan fingerprint density at radius 2 is 1.96 bits per heavy atom. The van der Waals surface area contributed by atoms with E-state index in [1.54, 1.807) is 12.1 Å². The summed E-state index contributed by atoms with van der Waals surface area (Å²) in [5.74, 6) is -0.652. The van der Waals surface area contributed by atoms with E-state index in [2.05, 4.69) is 5.32 Å². The van der Waals surface area contributed by atoms with Gasteiger partial charge in [-0.3, -0.25) is 0 Å². The van der Waals surface area contributed by atoms with Crippen LogP contribution < -0.4 is 10.1 Å². The summed E-state index contributed by atoms with van der Waals surface area (Å²) in [5, 5.41) is 11.9. The second-order valence-corrected chi connectivity index (χ2v) is 5.52. The van der Waals surface area contributed by atoms with Crippen molar-refractivity contribution in [2.75, 3.05) is 6.61 Å². The number of amides is 1. The number of alkyl carbamates (subject to hydrolysis) is 1. The van der Waals surface area contributed by atoms with E-state index in [1.165, 1.54) is 6.07 Å². The Kier molecular flexibility index (Phi) is 4.65. The lowest BCUT2D eigenvalue weighted by Gasteiger charge is -2.26. The molecule has 0 spiro atoms. The molecule has 2 aromatic carbocycles. The van der Waals surface area contributed by atoms with Crippen molar-refractivity contribution in [3.8, 4) is 5.75 Å². The molecular formula is C18H17NO5. The van der Waals surface area contributed by atoms with E-state index in [-0.39, 0.29) is 24.8 Å². The van der Waals surface area contributed by atoms with Crippen molar-refractivity contribution in [3.05, 3.63) is 65.2 Å². The number of ether oxygens (including phenoxy) is 2. The summed E-state index contributed by atoms with van der Waals surface area (Å²) in [5.41, 5.74) is 1.80. The fourth-order valence-electron chi connectivity index (χ4n) is 2.62. The summed E-state index contributed by atoms with van der Waals surface area (Å²) in [4.78, 5) is 23.1. The van der Waals surface area contributed by atoms with Gasteiger partial charge in [-0.15, -0.1) is 0 Å². The van der Waals surface area contributed by atoms with Crippen molar-refractivity contribution in [2.24, 2.45) is 0 Å². The average molecular weight is 327 g/mol. The number of nitrogens with one attached hydrogen (secondary N) is 1. The van der Waals surface area contributed by atoms with Gasteiger partial charge in [0, 0.05) is 0 Å². The molecule has 6 heteroatoms. The van der Waals surface area contributed by atoms with Crippen molar-refractivity contribution in [1.29, 1.82) is 0 Å². The molecule has 2 aromatic rings. The van der Waals surface area contributed by atoms with Crippen LogP contribution in [0, 0.1) is 0 Å². The molecule has 124 valence electrons. The number of fused-ring (bicyclic) bond motifs is 1. The van der Waals surface area contributed by atoms with Crippen molar-refractivity contribution in [2.45, 2.75) is 19.1 Å². The third-order valence-corrected chi connectivity index (χ3v) is 3.76. The molecule has 0 aliphatic carbocycles. The van der Waals surface area contributed by atoms with Gasteiger partial charge in [0.15, 0.2) is 0 Å². The van der Waals surface area contributed by atoms with E-state index in [9.17, 15) is 9.59 Å². The minimum absolute atomic E-state index is 0.137. The van der Waals surface area contributed by atoms with Gasteiger partial charge in [-0.1, -0.05) is 42.5 Å². The normalized spacial score (nSPS) is 15.8. The quantitative estimate of drug-likeness (QED) is 0.902. The van der Waals surface area contributed by atoms with Crippen LogP contribution in [-0.2, 0) is 17.8 Å². The third-order valence-electron chi connectivity index (χ3n) is 3.76. The first kappa shape index (κ1) is 15.9. The summed E-state index contributed by atoms with van der Waals surface area (Å²) in [6.07, 6.45) is -0.0260. The summed E-state index contributed by atoms with van der Waals surface area (Å²) < 4.78 is 10.7. The first-order valence-corrected chi connectivity index (χ1v) is 7.58. The number of carbonyl (C=O) groups is 2. The monoisotopic (exact) mass is 327 g/mol. The Balaban J connectivity index is 1.57. The van der Waals surface area contributed by atoms with Gasteiger partial charge in [0.2, 0.25) is 0 Å². The minimum atomic E-state index is -1.03. The molecule has 1 atom stereocenters. The van der Waals surface area contributed by atoms with Crippen molar-refractivity contribution in [1.82, 2.24) is 5.32 Å². The van der Waals surface area contributed by atoms with Crippen LogP contribution >= 0.6 is 0 Å². The van der Waals surface area contributed by atoms with Crippen molar-refractivity contribution >= 4 is 12.1 Å². The molecule has 0 bridgehead atoms. The fraction of sp³-hybridized carbons (Fsp3) is 0.222. The fourth-order valence-corrected chi connectivity index (χ4v) is 2.62. The number of carboxylic acids is 1. The van der Waals surface area contributed by atoms with Crippen molar-refractivity contribution < 1.29 is 24.2 Å². The molecular weight excluding hydrogens is 310 g/mol. The molecule has 1 heterocycles. The van der Waals surface area contributed by atoms with Gasteiger partial charge in [0.25, 0.3) is 0 Å². The lowest BCUT2D eigenvalue weighted by molar-refractivity contribution is 0.0689.